The van der Waals surface area contributed by atoms with E-state index in [9.17, 15) is 13.4 Å². The van der Waals surface area contributed by atoms with Crippen LogP contribution < -0.4 is 4.72 Å². The Labute approximate surface area is 193 Å². The third kappa shape index (κ3) is 5.39. The van der Waals surface area contributed by atoms with E-state index in [0.29, 0.717) is 17.1 Å². The number of hydrogen-bond donors (Lipinski definition) is 1. The largest absolute Gasteiger partial charge is 0.438 e. The fourth-order valence-corrected chi connectivity index (χ4v) is 4.26. The van der Waals surface area contributed by atoms with E-state index >= 15 is 4.39 Å². The fraction of sp³-hybridized carbons (Fsp3) is 0.391. The minimum Gasteiger partial charge on any atom is -0.438 e. The summed E-state index contributed by atoms with van der Waals surface area (Å²) in [4.78, 5) is 25.0. The number of oxazole rings is 1. The molecule has 0 aliphatic rings. The van der Waals surface area contributed by atoms with E-state index in [2.05, 4.69) is 19.7 Å². The number of carbonyl (C=O) groups excluding carboxylic acids is 1. The van der Waals surface area contributed by atoms with Crippen molar-refractivity contribution in [2.45, 2.75) is 58.2 Å². The van der Waals surface area contributed by atoms with Crippen LogP contribution in [0.4, 0.5) is 8.78 Å². The van der Waals surface area contributed by atoms with Crippen LogP contribution in [0.25, 0.3) is 11.1 Å². The van der Waals surface area contributed by atoms with Gasteiger partial charge < -0.3 is 4.42 Å². The number of Topliss-reactive ketones (excluding diaryl/α,β-unsaturated/α-hetero) is 1. The summed E-state index contributed by atoms with van der Waals surface area (Å²) in [7, 11) is -1.68. The number of benzene rings is 1. The highest BCUT2D eigenvalue weighted by Gasteiger charge is 2.38. The highest BCUT2D eigenvalue weighted by atomic mass is 32.2. The Hall–Kier alpha value is -2.85. The maximum Gasteiger partial charge on any atom is 0.202 e. The molecule has 0 saturated heterocycles. The van der Waals surface area contributed by atoms with Gasteiger partial charge in [-0.2, -0.15) is 0 Å². The molecule has 0 bridgehead atoms. The van der Waals surface area contributed by atoms with Gasteiger partial charge in [0.1, 0.15) is 18.0 Å². The lowest BCUT2D eigenvalue weighted by atomic mass is 9.85. The van der Waals surface area contributed by atoms with Crippen LogP contribution in [0.5, 0.6) is 0 Å². The third-order valence-corrected chi connectivity index (χ3v) is 6.82. The second-order valence-electron chi connectivity index (χ2n) is 9.00. The summed E-state index contributed by atoms with van der Waals surface area (Å²) < 4.78 is 50.5. The second-order valence-corrected chi connectivity index (χ2v) is 11.0. The van der Waals surface area contributed by atoms with E-state index in [1.165, 1.54) is 24.8 Å². The Kier molecular flexibility index (Phi) is 6.90. The zero-order valence-corrected chi connectivity index (χ0v) is 20.1. The lowest BCUT2D eigenvalue weighted by Crippen LogP contribution is -2.48. The number of hydrogen-bond acceptors (Lipinski definition) is 6. The van der Waals surface area contributed by atoms with E-state index in [-0.39, 0.29) is 23.3 Å². The van der Waals surface area contributed by atoms with Crippen molar-refractivity contribution in [3.05, 3.63) is 65.4 Å². The SMILES string of the molecule is Cc1nc(C)c(C(=O)C[C@](C)(N[S@@](=O)C(C)(C)C)c2cc(-c3cncnc3)c(F)cc2F)o1. The Morgan fingerprint density at radius 3 is 2.27 bits per heavy atom. The number of aryl methyl sites for hydroxylation is 2. The molecule has 0 spiro atoms. The van der Waals surface area contributed by atoms with Crippen LogP contribution in [0.1, 0.15) is 61.8 Å². The first kappa shape index (κ1) is 24.8. The molecule has 0 saturated carbocycles. The monoisotopic (exact) mass is 476 g/mol. The van der Waals surface area contributed by atoms with Gasteiger partial charge in [-0.15, -0.1) is 0 Å². The number of rotatable bonds is 7. The minimum absolute atomic E-state index is 0.0254. The molecule has 33 heavy (non-hydrogen) atoms. The summed E-state index contributed by atoms with van der Waals surface area (Å²) in [6.45, 7) is 10.0. The Morgan fingerprint density at radius 2 is 1.73 bits per heavy atom. The maximum absolute atomic E-state index is 15.2. The van der Waals surface area contributed by atoms with E-state index in [4.69, 9.17) is 4.42 Å². The molecular weight excluding hydrogens is 450 g/mol. The average Bonchev–Trinajstić information content (AvgIpc) is 3.06. The molecule has 3 aromatic rings. The summed E-state index contributed by atoms with van der Waals surface area (Å²) in [5.74, 6) is -1.78. The normalized spacial score (nSPS) is 14.7. The molecule has 2 heterocycles. The van der Waals surface area contributed by atoms with E-state index in [1.54, 1.807) is 41.5 Å². The predicted octanol–water partition coefficient (Wildman–Crippen LogP) is 4.57. The van der Waals surface area contributed by atoms with Crippen LogP contribution in [-0.4, -0.2) is 29.7 Å². The van der Waals surface area contributed by atoms with Gasteiger partial charge in [-0.25, -0.2) is 32.7 Å². The molecule has 7 nitrogen and oxygen atoms in total. The van der Waals surface area contributed by atoms with Crippen LogP contribution >= 0.6 is 0 Å². The summed E-state index contributed by atoms with van der Waals surface area (Å²) in [5.41, 5.74) is -0.699. The van der Waals surface area contributed by atoms with Crippen molar-refractivity contribution < 1.29 is 22.2 Å². The second kappa shape index (κ2) is 9.18. The van der Waals surface area contributed by atoms with Gasteiger partial charge in [0.05, 0.1) is 27.0 Å². The number of nitrogens with one attached hydrogen (secondary N) is 1. The van der Waals surface area contributed by atoms with Crippen LogP contribution in [0.3, 0.4) is 0 Å². The molecular formula is C23H26F2N4O3S. The molecule has 176 valence electrons. The third-order valence-electron chi connectivity index (χ3n) is 5.07. The first-order chi connectivity index (χ1) is 15.3. The summed E-state index contributed by atoms with van der Waals surface area (Å²) in [5, 5.41) is 0. The first-order valence-corrected chi connectivity index (χ1v) is 11.4. The van der Waals surface area contributed by atoms with Crippen LogP contribution in [0.15, 0.2) is 35.3 Å². The van der Waals surface area contributed by atoms with Crippen molar-refractivity contribution in [3.63, 3.8) is 0 Å². The molecule has 0 unspecified atom stereocenters. The minimum atomic E-state index is -1.68. The van der Waals surface area contributed by atoms with E-state index in [0.717, 1.165) is 6.07 Å². The van der Waals surface area contributed by atoms with Crippen LogP contribution in [0.2, 0.25) is 0 Å². The zero-order valence-electron chi connectivity index (χ0n) is 19.3. The smallest absolute Gasteiger partial charge is 0.202 e. The van der Waals surface area contributed by atoms with Gasteiger partial charge >= 0.3 is 0 Å². The molecule has 0 aliphatic carbocycles. The first-order valence-electron chi connectivity index (χ1n) is 10.2. The standard InChI is InChI=1S/C23H26F2N4O3S/c1-13-21(32-14(2)28-13)20(30)9-23(6,29-33(31)22(3,4)5)17-7-16(18(24)8-19(17)25)15-10-26-12-27-11-15/h7-8,10-12,29H,9H2,1-6H3/t23-,33-/m0/s1. The number of carbonyl (C=O) groups is 1. The highest BCUT2D eigenvalue weighted by Crippen LogP contribution is 2.35. The molecule has 0 radical (unpaired) electrons. The molecule has 1 N–H and O–H groups in total. The number of ketones is 1. The lowest BCUT2D eigenvalue weighted by molar-refractivity contribution is 0.0919. The van der Waals surface area contributed by atoms with Gasteiger partial charge in [-0.1, -0.05) is 0 Å². The number of aromatic nitrogens is 3. The van der Waals surface area contributed by atoms with E-state index < -0.39 is 38.7 Å². The van der Waals surface area contributed by atoms with Crippen molar-refractivity contribution in [2.24, 2.45) is 0 Å². The topological polar surface area (TPSA) is 98.0 Å². The molecule has 3 rings (SSSR count). The Balaban J connectivity index is 2.14. The van der Waals surface area contributed by atoms with Gasteiger partial charge in [0, 0.05) is 48.5 Å². The molecule has 0 fully saturated rings. The molecule has 2 atom stereocenters. The summed E-state index contributed by atoms with van der Waals surface area (Å²) in [6.07, 6.45) is 3.79. The number of halogens is 2. The van der Waals surface area contributed by atoms with Gasteiger partial charge in [0.15, 0.2) is 11.7 Å². The maximum atomic E-state index is 15.2. The van der Waals surface area contributed by atoms with Crippen LogP contribution in [-0.2, 0) is 16.5 Å². The van der Waals surface area contributed by atoms with Crippen LogP contribution in [0, 0.1) is 25.5 Å². The number of nitrogens with zero attached hydrogens (tertiary/aromatic N) is 3. The fourth-order valence-electron chi connectivity index (χ4n) is 3.37. The molecule has 1 aromatic carbocycles. The average molecular weight is 477 g/mol. The van der Waals surface area contributed by atoms with Gasteiger partial charge in [0.25, 0.3) is 0 Å². The molecule has 0 aliphatic heterocycles. The van der Waals surface area contributed by atoms with E-state index in [1.807, 2.05) is 0 Å². The zero-order chi connectivity index (χ0) is 24.6. The predicted molar refractivity (Wildman–Crippen MR) is 121 cm³/mol. The van der Waals surface area contributed by atoms with Gasteiger partial charge in [0.2, 0.25) is 5.78 Å². The lowest BCUT2D eigenvalue weighted by Gasteiger charge is -2.34. The summed E-state index contributed by atoms with van der Waals surface area (Å²) >= 11 is 0. The molecule has 2 aromatic heterocycles. The van der Waals surface area contributed by atoms with Gasteiger partial charge in [-0.3, -0.25) is 4.79 Å². The van der Waals surface area contributed by atoms with Crippen molar-refractivity contribution in [2.75, 3.05) is 0 Å². The molecule has 0 amide bonds. The quantitative estimate of drug-likeness (QED) is 0.502. The Morgan fingerprint density at radius 1 is 1.09 bits per heavy atom. The highest BCUT2D eigenvalue weighted by molar-refractivity contribution is 7.84. The van der Waals surface area contributed by atoms with Gasteiger partial charge in [-0.05, 0) is 40.7 Å². The van der Waals surface area contributed by atoms with Crippen molar-refractivity contribution in [1.29, 1.82) is 0 Å². The summed E-state index contributed by atoms with van der Waals surface area (Å²) in [6, 6.07) is 2.04. The Bertz CT molecular complexity index is 1210. The molecule has 10 heteroatoms. The van der Waals surface area contributed by atoms with Crippen molar-refractivity contribution in [3.8, 4) is 11.1 Å². The van der Waals surface area contributed by atoms with Crippen molar-refractivity contribution in [1.82, 2.24) is 19.7 Å². The van der Waals surface area contributed by atoms with Crippen molar-refractivity contribution >= 4 is 16.8 Å².